The van der Waals surface area contributed by atoms with Crippen molar-refractivity contribution in [2.75, 3.05) is 6.61 Å². The van der Waals surface area contributed by atoms with Crippen LogP contribution in [-0.2, 0) is 0 Å². The van der Waals surface area contributed by atoms with Gasteiger partial charge in [0.1, 0.15) is 5.75 Å². The van der Waals surface area contributed by atoms with Crippen molar-refractivity contribution < 1.29 is 9.53 Å². The number of fused-ring (bicyclic) bond motifs is 1. The van der Waals surface area contributed by atoms with E-state index in [9.17, 15) is 4.79 Å². The maximum Gasteiger partial charge on any atom is 0.172 e. The molecule has 0 fully saturated rings. The van der Waals surface area contributed by atoms with E-state index in [1.807, 2.05) is 32.0 Å². The molecular formula is C11H12O2. The smallest absolute Gasteiger partial charge is 0.172 e. The summed E-state index contributed by atoms with van der Waals surface area (Å²) in [6.07, 6.45) is 0. The van der Waals surface area contributed by atoms with Crippen molar-refractivity contribution in [3.63, 3.8) is 0 Å². The number of carbonyl (C=O) groups is 1. The highest BCUT2D eigenvalue weighted by atomic mass is 16.5. The van der Waals surface area contributed by atoms with Crippen LogP contribution in [-0.4, -0.2) is 12.4 Å². The van der Waals surface area contributed by atoms with E-state index in [4.69, 9.17) is 4.74 Å². The van der Waals surface area contributed by atoms with Gasteiger partial charge in [-0.05, 0) is 19.1 Å². The van der Waals surface area contributed by atoms with Gasteiger partial charge in [-0.1, -0.05) is 18.6 Å². The number of ketones is 1. The monoisotopic (exact) mass is 176 g/mol. The highest BCUT2D eigenvalue weighted by Crippen LogP contribution is 2.27. The van der Waals surface area contributed by atoms with E-state index in [0.717, 1.165) is 16.9 Å². The number of hydrogen-bond donors (Lipinski definition) is 0. The minimum atomic E-state index is -0.00528. The van der Waals surface area contributed by atoms with Crippen LogP contribution in [0, 0.1) is 12.8 Å². The van der Waals surface area contributed by atoms with Crippen LogP contribution < -0.4 is 4.74 Å². The minimum Gasteiger partial charge on any atom is -0.492 e. The Kier molecular flexibility index (Phi) is 1.83. The Balaban J connectivity index is 2.51. The van der Waals surface area contributed by atoms with E-state index in [2.05, 4.69) is 0 Å². The second-order valence-corrected chi connectivity index (χ2v) is 3.58. The molecule has 0 amide bonds. The van der Waals surface area contributed by atoms with Gasteiger partial charge in [0.25, 0.3) is 0 Å². The van der Waals surface area contributed by atoms with Gasteiger partial charge in [0, 0.05) is 0 Å². The fraction of sp³-hybridized carbons (Fsp3) is 0.364. The molecular weight excluding hydrogens is 164 g/mol. The zero-order valence-electron chi connectivity index (χ0n) is 7.83. The van der Waals surface area contributed by atoms with Gasteiger partial charge in [0.2, 0.25) is 0 Å². The minimum absolute atomic E-state index is 0.00528. The summed E-state index contributed by atoms with van der Waals surface area (Å²) in [6, 6.07) is 5.73. The molecule has 0 aliphatic carbocycles. The molecule has 1 aromatic rings. The van der Waals surface area contributed by atoms with Crippen LogP contribution in [0.4, 0.5) is 0 Å². The van der Waals surface area contributed by atoms with Gasteiger partial charge in [-0.3, -0.25) is 4.79 Å². The third kappa shape index (κ3) is 1.32. The summed E-state index contributed by atoms with van der Waals surface area (Å²) in [4.78, 5) is 11.7. The third-order valence-electron chi connectivity index (χ3n) is 2.34. The fourth-order valence-electron chi connectivity index (χ4n) is 1.52. The molecule has 1 heterocycles. The average molecular weight is 176 g/mol. The Morgan fingerprint density at radius 3 is 3.00 bits per heavy atom. The zero-order chi connectivity index (χ0) is 9.42. The van der Waals surface area contributed by atoms with Crippen molar-refractivity contribution in [3.8, 4) is 5.75 Å². The molecule has 2 nitrogen and oxygen atoms in total. The summed E-state index contributed by atoms with van der Waals surface area (Å²) in [6.45, 7) is 4.38. The number of aryl methyl sites for hydroxylation is 1. The van der Waals surface area contributed by atoms with Gasteiger partial charge in [-0.15, -0.1) is 0 Å². The molecule has 0 unspecified atom stereocenters. The molecule has 0 N–H and O–H groups in total. The van der Waals surface area contributed by atoms with Gasteiger partial charge in [-0.25, -0.2) is 0 Å². The van der Waals surface area contributed by atoms with E-state index >= 15 is 0 Å². The molecule has 1 atom stereocenters. The van der Waals surface area contributed by atoms with Crippen LogP contribution >= 0.6 is 0 Å². The number of ether oxygens (including phenoxy) is 1. The molecule has 1 aliphatic rings. The summed E-state index contributed by atoms with van der Waals surface area (Å²) in [5, 5.41) is 0. The summed E-state index contributed by atoms with van der Waals surface area (Å²) in [5.41, 5.74) is 1.84. The van der Waals surface area contributed by atoms with Crippen molar-refractivity contribution in [3.05, 3.63) is 29.3 Å². The van der Waals surface area contributed by atoms with Crippen LogP contribution in [0.5, 0.6) is 5.75 Å². The Morgan fingerprint density at radius 1 is 1.46 bits per heavy atom. The maximum absolute atomic E-state index is 11.7. The summed E-state index contributed by atoms with van der Waals surface area (Å²) in [5.74, 6) is 0.924. The molecule has 1 aliphatic heterocycles. The number of rotatable bonds is 0. The molecule has 68 valence electrons. The highest BCUT2D eigenvalue weighted by Gasteiger charge is 2.24. The molecule has 0 radical (unpaired) electrons. The number of carbonyl (C=O) groups excluding carboxylic acids is 1. The lowest BCUT2D eigenvalue weighted by Gasteiger charge is -2.21. The van der Waals surface area contributed by atoms with Gasteiger partial charge in [0.15, 0.2) is 5.78 Å². The van der Waals surface area contributed by atoms with Gasteiger partial charge < -0.3 is 4.74 Å². The summed E-state index contributed by atoms with van der Waals surface area (Å²) < 4.78 is 5.44. The SMILES string of the molecule is Cc1ccc2c(c1)C(=O)[C@H](C)CO2. The molecule has 1 aromatic carbocycles. The summed E-state index contributed by atoms with van der Waals surface area (Å²) in [7, 11) is 0. The Bertz CT molecular complexity index is 355. The average Bonchev–Trinajstić information content (AvgIpc) is 2.12. The van der Waals surface area contributed by atoms with Crippen LogP contribution in [0.25, 0.3) is 0 Å². The van der Waals surface area contributed by atoms with Crippen LogP contribution in [0.2, 0.25) is 0 Å². The second-order valence-electron chi connectivity index (χ2n) is 3.58. The quantitative estimate of drug-likeness (QED) is 0.605. The predicted octanol–water partition coefficient (Wildman–Crippen LogP) is 2.21. The lowest BCUT2D eigenvalue weighted by Crippen LogP contribution is -2.25. The van der Waals surface area contributed by atoms with Crippen molar-refractivity contribution in [2.45, 2.75) is 13.8 Å². The second kappa shape index (κ2) is 2.87. The molecule has 0 bridgehead atoms. The first-order valence-electron chi connectivity index (χ1n) is 4.46. The van der Waals surface area contributed by atoms with E-state index in [0.29, 0.717) is 6.61 Å². The van der Waals surface area contributed by atoms with Crippen molar-refractivity contribution >= 4 is 5.78 Å². The Hall–Kier alpha value is -1.31. The van der Waals surface area contributed by atoms with E-state index < -0.39 is 0 Å². The Labute approximate surface area is 77.5 Å². The van der Waals surface area contributed by atoms with E-state index in [1.54, 1.807) is 0 Å². The highest BCUT2D eigenvalue weighted by molar-refractivity contribution is 6.01. The molecule has 0 aromatic heterocycles. The fourth-order valence-corrected chi connectivity index (χ4v) is 1.52. The molecule has 0 saturated carbocycles. The first kappa shape index (κ1) is 8.30. The number of hydrogen-bond acceptors (Lipinski definition) is 2. The lowest BCUT2D eigenvalue weighted by molar-refractivity contribution is 0.0848. The van der Waals surface area contributed by atoms with Crippen LogP contribution in [0.3, 0.4) is 0 Å². The molecule has 13 heavy (non-hydrogen) atoms. The third-order valence-corrected chi connectivity index (χ3v) is 2.34. The van der Waals surface area contributed by atoms with Crippen molar-refractivity contribution in [2.24, 2.45) is 5.92 Å². The lowest BCUT2D eigenvalue weighted by atomic mass is 9.95. The number of benzene rings is 1. The first-order valence-corrected chi connectivity index (χ1v) is 4.46. The summed E-state index contributed by atoms with van der Waals surface area (Å²) >= 11 is 0. The zero-order valence-corrected chi connectivity index (χ0v) is 7.83. The van der Waals surface area contributed by atoms with Gasteiger partial charge >= 0.3 is 0 Å². The topological polar surface area (TPSA) is 26.3 Å². The standard InChI is InChI=1S/C11H12O2/c1-7-3-4-10-9(5-7)11(12)8(2)6-13-10/h3-5,8H,6H2,1-2H3/t8-/m1/s1. The molecule has 0 saturated heterocycles. The van der Waals surface area contributed by atoms with Crippen molar-refractivity contribution in [1.82, 2.24) is 0 Å². The van der Waals surface area contributed by atoms with Gasteiger partial charge in [-0.2, -0.15) is 0 Å². The largest absolute Gasteiger partial charge is 0.492 e. The molecule has 2 rings (SSSR count). The molecule has 2 heteroatoms. The van der Waals surface area contributed by atoms with Crippen molar-refractivity contribution in [1.29, 1.82) is 0 Å². The predicted molar refractivity (Wildman–Crippen MR) is 50.2 cm³/mol. The Morgan fingerprint density at radius 2 is 2.23 bits per heavy atom. The van der Waals surface area contributed by atoms with E-state index in [1.165, 1.54) is 0 Å². The normalized spacial score (nSPS) is 20.8. The first-order chi connectivity index (χ1) is 6.18. The number of Topliss-reactive ketones (excluding diaryl/α,β-unsaturated/α-hetero) is 1. The molecule has 0 spiro atoms. The van der Waals surface area contributed by atoms with E-state index in [-0.39, 0.29) is 11.7 Å². The van der Waals surface area contributed by atoms with Crippen LogP contribution in [0.1, 0.15) is 22.8 Å². The van der Waals surface area contributed by atoms with Gasteiger partial charge in [0.05, 0.1) is 18.1 Å². The van der Waals surface area contributed by atoms with Crippen LogP contribution in [0.15, 0.2) is 18.2 Å². The maximum atomic E-state index is 11.7.